The first-order valence-corrected chi connectivity index (χ1v) is 49.0. The van der Waals surface area contributed by atoms with E-state index >= 15 is 0 Å². The van der Waals surface area contributed by atoms with E-state index in [9.17, 15) is 0 Å². The maximum absolute atomic E-state index is 6.74. The molecule has 31 aromatic rings. The monoisotopic (exact) mass is 1820 g/mol. The first-order chi connectivity index (χ1) is 69.6. The Morgan fingerprint density at radius 1 is 0.220 bits per heavy atom. The van der Waals surface area contributed by atoms with Gasteiger partial charge in [-0.25, -0.2) is 0 Å². The highest BCUT2D eigenvalue weighted by Crippen LogP contribution is 2.54. The molecule has 0 atom stereocenters. The number of fused-ring (bicyclic) bond motifs is 35. The fraction of sp³-hybridized carbons (Fsp3) is 0.0308. The lowest BCUT2D eigenvalue weighted by atomic mass is 9.82. The number of benzene rings is 20. The molecule has 141 heavy (non-hydrogen) atoms. The number of para-hydroxylation sites is 9. The lowest BCUT2D eigenvalue weighted by Crippen LogP contribution is -2.14. The molecule has 0 amide bonds. The molecule has 0 unspecified atom stereocenters. The van der Waals surface area contributed by atoms with E-state index in [4.69, 9.17) is 17.7 Å². The van der Waals surface area contributed by atoms with Crippen LogP contribution in [-0.2, 0) is 12.5 Å². The molecule has 1 aliphatic rings. The summed E-state index contributed by atoms with van der Waals surface area (Å²) in [5.74, 6) is 0. The molecule has 0 aliphatic heterocycles. The van der Waals surface area contributed by atoms with E-state index in [1.165, 1.54) is 169 Å². The Bertz CT molecular complexity index is 10700. The molecular weight excluding hydrogens is 1740 g/mol. The van der Waals surface area contributed by atoms with Crippen LogP contribution in [0, 0.1) is 0 Å². The summed E-state index contributed by atoms with van der Waals surface area (Å²) in [6, 6.07) is 159. The molecule has 0 radical (unpaired) electrons. The summed E-state index contributed by atoms with van der Waals surface area (Å²) in [6.45, 7) is 4.64. The van der Waals surface area contributed by atoms with Gasteiger partial charge >= 0.3 is 0 Å². The molecule has 11 aromatic heterocycles. The molecular formula is C130H82N6O4S. The van der Waals surface area contributed by atoms with Crippen LogP contribution in [0.1, 0.15) is 25.0 Å². The van der Waals surface area contributed by atoms with Gasteiger partial charge in [0.1, 0.15) is 44.0 Å². The van der Waals surface area contributed by atoms with Crippen LogP contribution in [0.15, 0.2) is 461 Å². The number of rotatable bonds is 8. The Hall–Kier alpha value is -18.2. The average Bonchev–Trinajstić information content (AvgIpc) is 1.53. The van der Waals surface area contributed by atoms with Crippen LogP contribution in [0.4, 0.5) is 0 Å². The quantitative estimate of drug-likeness (QED) is 0.152. The molecule has 1 aliphatic carbocycles. The highest BCUT2D eigenvalue weighted by atomic mass is 32.1. The number of thiophene rings is 1. The van der Waals surface area contributed by atoms with Crippen molar-refractivity contribution in [3.63, 3.8) is 0 Å². The van der Waals surface area contributed by atoms with E-state index in [1.807, 2.05) is 29.5 Å². The molecule has 0 fully saturated rings. The summed E-state index contributed by atoms with van der Waals surface area (Å²) >= 11 is 1.87. The van der Waals surface area contributed by atoms with Gasteiger partial charge in [-0.2, -0.15) is 0 Å². The van der Waals surface area contributed by atoms with Gasteiger partial charge in [0.2, 0.25) is 5.71 Å². The predicted molar refractivity (Wildman–Crippen MR) is 588 cm³/mol. The zero-order valence-corrected chi connectivity index (χ0v) is 77.7. The maximum atomic E-state index is 6.74. The third-order valence-corrected chi connectivity index (χ3v) is 31.3. The molecule has 11 heteroatoms. The second kappa shape index (κ2) is 30.2. The van der Waals surface area contributed by atoms with Gasteiger partial charge in [0.15, 0.2) is 5.58 Å². The van der Waals surface area contributed by atoms with Gasteiger partial charge < -0.3 is 35.9 Å². The highest BCUT2D eigenvalue weighted by Gasteiger charge is 2.37. The minimum atomic E-state index is -0.0528. The maximum Gasteiger partial charge on any atom is 0.213 e. The summed E-state index contributed by atoms with van der Waals surface area (Å²) in [6.07, 6.45) is 0. The van der Waals surface area contributed by atoms with E-state index in [-0.39, 0.29) is 5.41 Å². The lowest BCUT2D eigenvalue weighted by Gasteiger charge is -2.21. The van der Waals surface area contributed by atoms with Crippen molar-refractivity contribution in [2.45, 2.75) is 19.3 Å². The zero-order chi connectivity index (χ0) is 92.7. The van der Waals surface area contributed by atoms with Crippen molar-refractivity contribution >= 4 is 218 Å². The summed E-state index contributed by atoms with van der Waals surface area (Å²) in [4.78, 5) is 1.28. The number of furan rings is 4. The van der Waals surface area contributed by atoms with E-state index in [1.54, 1.807) is 0 Å². The normalized spacial score (nSPS) is 12.7. The zero-order valence-electron chi connectivity index (χ0n) is 76.9. The Kier molecular flexibility index (Phi) is 16.9. The Morgan fingerprint density at radius 2 is 0.638 bits per heavy atom. The Balaban J connectivity index is 0.0000000992. The molecule has 20 aromatic carbocycles. The summed E-state index contributed by atoms with van der Waals surface area (Å²) in [5.41, 5.74) is 35.9. The molecule has 0 saturated carbocycles. The smallest absolute Gasteiger partial charge is 0.213 e. The summed E-state index contributed by atoms with van der Waals surface area (Å²) in [5, 5.41) is 22.9. The minimum absolute atomic E-state index is 0.0528. The number of aromatic nitrogens is 6. The topological polar surface area (TPSA) is 82.1 Å². The molecule has 0 spiro atoms. The number of nitrogens with zero attached hydrogens (tertiary/aromatic N) is 6. The van der Waals surface area contributed by atoms with Gasteiger partial charge in [-0.3, -0.25) is 9.13 Å². The van der Waals surface area contributed by atoms with Crippen molar-refractivity contribution < 1.29 is 17.7 Å². The molecule has 0 bridgehead atoms. The van der Waals surface area contributed by atoms with Gasteiger partial charge in [0, 0.05) is 143 Å². The van der Waals surface area contributed by atoms with Crippen LogP contribution in [-0.4, -0.2) is 27.4 Å². The van der Waals surface area contributed by atoms with Crippen LogP contribution in [0.3, 0.4) is 0 Å². The van der Waals surface area contributed by atoms with Crippen molar-refractivity contribution in [2.75, 3.05) is 0 Å². The van der Waals surface area contributed by atoms with Gasteiger partial charge in [0.25, 0.3) is 0 Å². The first-order valence-electron chi connectivity index (χ1n) is 48.2. The molecule has 11 heterocycles. The standard InChI is InChI=1S/C44H26N2O2.C44H26N2OS.C42H30N2O/c1-3-11-29(12-4-1)45-35-17-9-7-15-31(35)42-37(45)22-24-40-43(42)34-26-28(20-23-39(34)47-40)27-19-21-36-33(25-27)41-32-16-8-10-18-38(32)48-44(41)46(36)30-13-5-2-6-14-30;1-3-11-29(12-4-1)45-37-17-9-7-15-31(37)32-21-22-33-35-25-28(20-24-39(35)47-43(33)42(32)45)27-19-23-38-36(26-27)41-34-16-8-10-18-40(34)48-44(41)46(38)30-13-5-2-6-14-30;1-42(2)34-15-9-7-13-28(34)30-23-32-31-21-26(18-20-38(31)45-39(32)24-35(30)42)25-17-19-37-33(22-25)40-29-14-8-10-16-36(29)43(3)41(40)44(37)27-11-5-4-6-12-27/h2*1-26H;4-24H,1-3H3. The van der Waals surface area contributed by atoms with Gasteiger partial charge in [0.05, 0.1) is 49.5 Å². The molecule has 0 N–H and O–H groups in total. The van der Waals surface area contributed by atoms with E-state index in [0.717, 1.165) is 122 Å². The van der Waals surface area contributed by atoms with Crippen molar-refractivity contribution in [1.29, 1.82) is 0 Å². The number of hydrogen-bond donors (Lipinski definition) is 0. The van der Waals surface area contributed by atoms with E-state index in [0.29, 0.717) is 0 Å². The molecule has 0 saturated heterocycles. The Morgan fingerprint density at radius 3 is 1.29 bits per heavy atom. The number of aryl methyl sites for hydroxylation is 1. The Labute approximate surface area is 810 Å². The van der Waals surface area contributed by atoms with Gasteiger partial charge in [-0.05, 0) is 250 Å². The predicted octanol–water partition coefficient (Wildman–Crippen LogP) is 36.0. The van der Waals surface area contributed by atoms with Crippen molar-refractivity contribution in [3.8, 4) is 72.9 Å². The minimum Gasteiger partial charge on any atom is -0.456 e. The summed E-state index contributed by atoms with van der Waals surface area (Å²) < 4.78 is 41.7. The summed E-state index contributed by atoms with van der Waals surface area (Å²) in [7, 11) is 2.18. The van der Waals surface area contributed by atoms with Crippen LogP contribution < -0.4 is 0 Å². The van der Waals surface area contributed by atoms with E-state index < -0.39 is 0 Å². The van der Waals surface area contributed by atoms with Crippen molar-refractivity contribution in [3.05, 3.63) is 454 Å². The third kappa shape index (κ3) is 11.6. The van der Waals surface area contributed by atoms with Gasteiger partial charge in [-0.1, -0.05) is 263 Å². The fourth-order valence-corrected chi connectivity index (χ4v) is 25.0. The first kappa shape index (κ1) is 79.1. The van der Waals surface area contributed by atoms with E-state index in [2.05, 4.69) is 473 Å². The molecule has 10 nitrogen and oxygen atoms in total. The molecule has 662 valence electrons. The van der Waals surface area contributed by atoms with Crippen LogP contribution in [0.25, 0.3) is 279 Å². The lowest BCUT2D eigenvalue weighted by molar-refractivity contribution is 0.645. The van der Waals surface area contributed by atoms with Crippen LogP contribution in [0.2, 0.25) is 0 Å². The SMILES string of the molecule is Cn1c2ccccc2c2c3cc(-c4ccc5oc6cc7c(cc6c5c4)-c4ccccc4C7(C)C)ccc3n(-c3ccccc3)c21.c1ccc(-n2c3ccc(-c4ccc5oc6c(ccc7c8ccccc8n(-c8ccccc8)c76)c5c4)cc3c3c4ccccc4sc32)cc1.c1ccc(-n2c3ccccc3c3c4c(ccc32)oc2ccc(-c3ccc5c(c3)c3c6ccccc6oc3n5-c3ccccc3)cc24)cc1. The van der Waals surface area contributed by atoms with Crippen molar-refractivity contribution in [1.82, 2.24) is 27.4 Å². The number of hydrogen-bond acceptors (Lipinski definition) is 5. The second-order valence-corrected chi connectivity index (χ2v) is 39.1. The largest absolute Gasteiger partial charge is 0.456 e. The molecule has 32 rings (SSSR count). The van der Waals surface area contributed by atoms with Crippen molar-refractivity contribution in [2.24, 2.45) is 7.05 Å². The average molecular weight is 1820 g/mol. The second-order valence-electron chi connectivity index (χ2n) is 38.1. The van der Waals surface area contributed by atoms with Crippen LogP contribution in [0.5, 0.6) is 0 Å². The third-order valence-electron chi connectivity index (χ3n) is 30.2. The van der Waals surface area contributed by atoms with Gasteiger partial charge in [-0.15, -0.1) is 11.3 Å². The highest BCUT2D eigenvalue weighted by molar-refractivity contribution is 7.25. The van der Waals surface area contributed by atoms with Crippen LogP contribution >= 0.6 is 11.3 Å². The fourth-order valence-electron chi connectivity index (χ4n) is 23.8.